The van der Waals surface area contributed by atoms with Crippen LogP contribution in [0.3, 0.4) is 0 Å². The normalized spacial score (nSPS) is 18.4. The molecule has 2 N–H and O–H groups in total. The van der Waals surface area contributed by atoms with Gasteiger partial charge in [0.2, 0.25) is 10.0 Å². The van der Waals surface area contributed by atoms with E-state index in [0.717, 1.165) is 18.7 Å². The number of hydrogen-bond donors (Lipinski definition) is 2. The highest BCUT2D eigenvalue weighted by atomic mass is 32.2. The van der Waals surface area contributed by atoms with Gasteiger partial charge in [0.15, 0.2) is 6.61 Å². The van der Waals surface area contributed by atoms with Crippen molar-refractivity contribution in [2.75, 3.05) is 44.8 Å². The van der Waals surface area contributed by atoms with Crippen LogP contribution in [-0.2, 0) is 19.6 Å². The number of ether oxygens (including phenoxy) is 2. The molecule has 2 aromatic rings. The summed E-state index contributed by atoms with van der Waals surface area (Å²) in [5.74, 6) is 0.149. The van der Waals surface area contributed by atoms with Crippen LogP contribution < -0.4 is 14.8 Å². The van der Waals surface area contributed by atoms with Gasteiger partial charge in [-0.15, -0.1) is 0 Å². The Morgan fingerprint density at radius 1 is 1.10 bits per heavy atom. The third kappa shape index (κ3) is 4.59. The van der Waals surface area contributed by atoms with Gasteiger partial charge in [-0.1, -0.05) is 30.3 Å². The molecule has 0 bridgehead atoms. The second kappa shape index (κ2) is 8.50. The Balaban J connectivity index is 1.53. The number of nitrogens with zero attached hydrogens (tertiary/aromatic N) is 1. The van der Waals surface area contributed by atoms with E-state index in [1.165, 1.54) is 12.1 Å². The summed E-state index contributed by atoms with van der Waals surface area (Å²) in [5.41, 5.74) is 1.40. The molecule has 9 heteroatoms. The summed E-state index contributed by atoms with van der Waals surface area (Å²) in [5, 5.41) is 2.64. The molecule has 1 fully saturated rings. The first kappa shape index (κ1) is 19.8. The van der Waals surface area contributed by atoms with Crippen LogP contribution in [0.5, 0.6) is 5.75 Å². The van der Waals surface area contributed by atoms with Crippen LogP contribution in [0.2, 0.25) is 0 Å². The number of nitrogens with one attached hydrogen (secondary N) is 2. The Morgan fingerprint density at radius 2 is 1.86 bits per heavy atom. The van der Waals surface area contributed by atoms with Gasteiger partial charge in [-0.25, -0.2) is 13.1 Å². The van der Waals surface area contributed by atoms with Gasteiger partial charge in [0.1, 0.15) is 5.75 Å². The van der Waals surface area contributed by atoms with Crippen molar-refractivity contribution in [2.45, 2.75) is 10.9 Å². The van der Waals surface area contributed by atoms with Gasteiger partial charge in [-0.3, -0.25) is 9.69 Å². The molecule has 0 radical (unpaired) electrons. The molecule has 1 saturated heterocycles. The van der Waals surface area contributed by atoms with Crippen LogP contribution in [0.15, 0.2) is 53.4 Å². The van der Waals surface area contributed by atoms with E-state index in [2.05, 4.69) is 14.9 Å². The molecule has 1 atom stereocenters. The summed E-state index contributed by atoms with van der Waals surface area (Å²) < 4.78 is 39.3. The molecule has 29 heavy (non-hydrogen) atoms. The maximum Gasteiger partial charge on any atom is 0.262 e. The first-order valence-corrected chi connectivity index (χ1v) is 10.9. The molecule has 0 saturated carbocycles. The molecular weight excluding hydrogens is 394 g/mol. The van der Waals surface area contributed by atoms with Crippen molar-refractivity contribution in [2.24, 2.45) is 0 Å². The van der Waals surface area contributed by atoms with E-state index >= 15 is 0 Å². The Morgan fingerprint density at radius 3 is 2.62 bits per heavy atom. The number of amides is 1. The highest BCUT2D eigenvalue weighted by molar-refractivity contribution is 7.89. The average molecular weight is 417 g/mol. The summed E-state index contributed by atoms with van der Waals surface area (Å²) in [6.07, 6.45) is 0. The Hall–Kier alpha value is -2.46. The largest absolute Gasteiger partial charge is 0.482 e. The topological polar surface area (TPSA) is 97.0 Å². The lowest BCUT2D eigenvalue weighted by atomic mass is 10.1. The van der Waals surface area contributed by atoms with Crippen LogP contribution in [0.4, 0.5) is 5.69 Å². The SMILES string of the molecule is O=C1COc2ccc(S(=O)(=O)NCC(c3ccccc3)N3CCOCC3)cc2N1. The van der Waals surface area contributed by atoms with E-state index in [4.69, 9.17) is 9.47 Å². The van der Waals surface area contributed by atoms with Gasteiger partial charge >= 0.3 is 0 Å². The number of fused-ring (bicyclic) bond motifs is 1. The van der Waals surface area contributed by atoms with Crippen molar-refractivity contribution in [3.63, 3.8) is 0 Å². The first-order chi connectivity index (χ1) is 14.0. The number of sulfonamides is 1. The van der Waals surface area contributed by atoms with Crippen LogP contribution in [0, 0.1) is 0 Å². The standard InChI is InChI=1S/C20H23N3O5S/c24-20-14-28-19-7-6-16(12-17(19)22-20)29(25,26)21-13-18(15-4-2-1-3-5-15)23-8-10-27-11-9-23/h1-7,12,18,21H,8-11,13-14H2,(H,22,24). The lowest BCUT2D eigenvalue weighted by molar-refractivity contribution is -0.118. The van der Waals surface area contributed by atoms with Gasteiger partial charge in [0.05, 0.1) is 23.8 Å². The Labute approximate surface area is 169 Å². The number of benzene rings is 2. The molecular formula is C20H23N3O5S. The van der Waals surface area contributed by atoms with E-state index in [-0.39, 0.29) is 30.0 Å². The molecule has 2 aromatic carbocycles. The molecule has 8 nitrogen and oxygen atoms in total. The summed E-state index contributed by atoms with van der Waals surface area (Å²) in [7, 11) is -3.77. The molecule has 154 valence electrons. The fourth-order valence-electron chi connectivity index (χ4n) is 3.52. The first-order valence-electron chi connectivity index (χ1n) is 9.46. The highest BCUT2D eigenvalue weighted by Gasteiger charge is 2.26. The zero-order chi connectivity index (χ0) is 20.3. The summed E-state index contributed by atoms with van der Waals surface area (Å²) in [6.45, 7) is 2.89. The molecule has 2 aliphatic rings. The monoisotopic (exact) mass is 417 g/mol. The van der Waals surface area contributed by atoms with Gasteiger partial charge in [0, 0.05) is 25.7 Å². The zero-order valence-corrected chi connectivity index (χ0v) is 16.7. The van der Waals surface area contributed by atoms with Gasteiger partial charge in [-0.05, 0) is 23.8 Å². The third-order valence-corrected chi connectivity index (χ3v) is 6.45. The van der Waals surface area contributed by atoms with Crippen molar-refractivity contribution in [1.82, 2.24) is 9.62 Å². The van der Waals surface area contributed by atoms with Gasteiger partial charge < -0.3 is 14.8 Å². The van der Waals surface area contributed by atoms with E-state index in [1.54, 1.807) is 6.07 Å². The average Bonchev–Trinajstić information content (AvgIpc) is 2.75. The molecule has 4 rings (SSSR count). The smallest absolute Gasteiger partial charge is 0.262 e. The van der Waals surface area contributed by atoms with Crippen LogP contribution in [-0.4, -0.2) is 58.7 Å². The predicted octanol–water partition coefficient (Wildman–Crippen LogP) is 1.37. The molecule has 1 unspecified atom stereocenters. The number of morpholine rings is 1. The number of carbonyl (C=O) groups excluding carboxylic acids is 1. The van der Waals surface area contributed by atoms with E-state index in [1.807, 2.05) is 30.3 Å². The lowest BCUT2D eigenvalue weighted by Gasteiger charge is -2.34. The molecule has 1 amide bonds. The summed E-state index contributed by atoms with van der Waals surface area (Å²) in [6, 6.07) is 14.2. The minimum atomic E-state index is -3.77. The molecule has 0 spiro atoms. The number of carbonyl (C=O) groups is 1. The fourth-order valence-corrected chi connectivity index (χ4v) is 4.59. The minimum Gasteiger partial charge on any atom is -0.482 e. The van der Waals surface area contributed by atoms with Crippen LogP contribution in [0.25, 0.3) is 0 Å². The van der Waals surface area contributed by atoms with Crippen LogP contribution >= 0.6 is 0 Å². The third-order valence-electron chi connectivity index (χ3n) is 5.03. The summed E-state index contributed by atoms with van der Waals surface area (Å²) >= 11 is 0. The van der Waals surface area contributed by atoms with E-state index in [0.29, 0.717) is 24.7 Å². The van der Waals surface area contributed by atoms with Crippen molar-refractivity contribution in [3.8, 4) is 5.75 Å². The molecule has 0 aliphatic carbocycles. The molecule has 0 aromatic heterocycles. The minimum absolute atomic E-state index is 0.0738. The number of anilines is 1. The van der Waals surface area contributed by atoms with Crippen molar-refractivity contribution >= 4 is 21.6 Å². The maximum absolute atomic E-state index is 12.9. The highest BCUT2D eigenvalue weighted by Crippen LogP contribution is 2.30. The second-order valence-corrected chi connectivity index (χ2v) is 8.69. The van der Waals surface area contributed by atoms with Crippen molar-refractivity contribution in [3.05, 3.63) is 54.1 Å². The van der Waals surface area contributed by atoms with E-state index < -0.39 is 10.0 Å². The number of rotatable bonds is 6. The maximum atomic E-state index is 12.9. The fraction of sp³-hybridized carbons (Fsp3) is 0.350. The Bertz CT molecular complexity index is 975. The van der Waals surface area contributed by atoms with Crippen molar-refractivity contribution in [1.29, 1.82) is 0 Å². The van der Waals surface area contributed by atoms with Crippen molar-refractivity contribution < 1.29 is 22.7 Å². The van der Waals surface area contributed by atoms with E-state index in [9.17, 15) is 13.2 Å². The van der Waals surface area contributed by atoms with Gasteiger partial charge in [0.25, 0.3) is 5.91 Å². The predicted molar refractivity (Wildman–Crippen MR) is 107 cm³/mol. The summed E-state index contributed by atoms with van der Waals surface area (Å²) in [4.78, 5) is 13.8. The van der Waals surface area contributed by atoms with Gasteiger partial charge in [-0.2, -0.15) is 0 Å². The Kier molecular flexibility index (Phi) is 5.81. The zero-order valence-electron chi connectivity index (χ0n) is 15.8. The molecule has 2 heterocycles. The molecule has 2 aliphatic heterocycles. The second-order valence-electron chi connectivity index (χ2n) is 6.92. The van der Waals surface area contributed by atoms with Crippen LogP contribution in [0.1, 0.15) is 11.6 Å². The number of hydrogen-bond acceptors (Lipinski definition) is 6. The quantitative estimate of drug-likeness (QED) is 0.737. The lowest BCUT2D eigenvalue weighted by Crippen LogP contribution is -2.43.